The zero-order valence-electron chi connectivity index (χ0n) is 11.1. The van der Waals surface area contributed by atoms with Crippen molar-refractivity contribution in [2.75, 3.05) is 11.9 Å². The molecule has 0 unspecified atom stereocenters. The van der Waals surface area contributed by atoms with Gasteiger partial charge >= 0.3 is 5.97 Å². The summed E-state index contributed by atoms with van der Waals surface area (Å²) in [5, 5.41) is 2.72. The summed E-state index contributed by atoms with van der Waals surface area (Å²) >= 11 is 8.86. The number of anilines is 1. The van der Waals surface area contributed by atoms with Crippen LogP contribution in [0.2, 0.25) is 5.02 Å². The van der Waals surface area contributed by atoms with Crippen LogP contribution < -0.4 is 5.32 Å². The number of halogens is 3. The highest BCUT2D eigenvalue weighted by Gasteiger charge is 2.15. The van der Waals surface area contributed by atoms with Gasteiger partial charge in [-0.1, -0.05) is 33.6 Å². The fraction of sp³-hybridized carbons (Fsp3) is 0.0667. The number of benzene rings is 2. The summed E-state index contributed by atoms with van der Waals surface area (Å²) in [5.74, 6) is -2.26. The molecule has 2 rings (SSSR count). The van der Waals surface area contributed by atoms with E-state index in [-0.39, 0.29) is 10.6 Å². The van der Waals surface area contributed by atoms with Crippen molar-refractivity contribution >= 4 is 45.1 Å². The number of carbonyl (C=O) groups excluding carboxylic acids is 2. The standard InChI is InChI=1S/C15H10BrClFNO3/c16-9-2-1-3-11(6-9)19-14(20)8-22-15(21)12-5-4-10(17)7-13(12)18/h1-7H,8H2,(H,19,20). The van der Waals surface area contributed by atoms with E-state index >= 15 is 0 Å². The highest BCUT2D eigenvalue weighted by Crippen LogP contribution is 2.16. The zero-order chi connectivity index (χ0) is 16.1. The third kappa shape index (κ3) is 4.54. The lowest BCUT2D eigenvalue weighted by atomic mass is 10.2. The SMILES string of the molecule is O=C(COC(=O)c1ccc(Cl)cc1F)Nc1cccc(Br)c1. The van der Waals surface area contributed by atoms with Gasteiger partial charge in [-0.15, -0.1) is 0 Å². The Bertz CT molecular complexity index is 724. The first-order valence-electron chi connectivity index (χ1n) is 6.13. The molecule has 0 spiro atoms. The molecule has 0 aliphatic rings. The van der Waals surface area contributed by atoms with Crippen molar-refractivity contribution in [2.24, 2.45) is 0 Å². The first kappa shape index (κ1) is 16.5. The molecule has 0 heterocycles. The van der Waals surface area contributed by atoms with E-state index < -0.39 is 24.3 Å². The summed E-state index contributed by atoms with van der Waals surface area (Å²) in [6, 6.07) is 10.5. The summed E-state index contributed by atoms with van der Waals surface area (Å²) < 4.78 is 19.1. The fourth-order valence-electron chi connectivity index (χ4n) is 1.63. The van der Waals surface area contributed by atoms with Crippen molar-refractivity contribution in [2.45, 2.75) is 0 Å². The van der Waals surface area contributed by atoms with Crippen LogP contribution in [0.4, 0.5) is 10.1 Å². The maximum atomic E-state index is 13.5. The molecule has 0 radical (unpaired) electrons. The predicted octanol–water partition coefficient (Wildman–Crippen LogP) is 4.04. The van der Waals surface area contributed by atoms with Crippen LogP contribution in [0.25, 0.3) is 0 Å². The average Bonchev–Trinajstić information content (AvgIpc) is 2.45. The highest BCUT2D eigenvalue weighted by atomic mass is 79.9. The highest BCUT2D eigenvalue weighted by molar-refractivity contribution is 9.10. The number of esters is 1. The van der Waals surface area contributed by atoms with E-state index in [1.165, 1.54) is 12.1 Å². The van der Waals surface area contributed by atoms with Gasteiger partial charge in [0.15, 0.2) is 6.61 Å². The van der Waals surface area contributed by atoms with Crippen LogP contribution >= 0.6 is 27.5 Å². The molecule has 0 aromatic heterocycles. The topological polar surface area (TPSA) is 55.4 Å². The van der Waals surface area contributed by atoms with E-state index in [1.807, 2.05) is 0 Å². The van der Waals surface area contributed by atoms with Crippen molar-refractivity contribution in [3.05, 3.63) is 63.3 Å². The van der Waals surface area contributed by atoms with Gasteiger partial charge < -0.3 is 10.1 Å². The molecule has 0 fully saturated rings. The smallest absolute Gasteiger partial charge is 0.341 e. The average molecular weight is 387 g/mol. The monoisotopic (exact) mass is 385 g/mol. The van der Waals surface area contributed by atoms with Gasteiger partial charge in [-0.05, 0) is 36.4 Å². The number of hydrogen-bond donors (Lipinski definition) is 1. The minimum absolute atomic E-state index is 0.168. The first-order chi connectivity index (χ1) is 10.5. The predicted molar refractivity (Wildman–Crippen MR) is 84.5 cm³/mol. The fourth-order valence-corrected chi connectivity index (χ4v) is 2.19. The maximum Gasteiger partial charge on any atom is 0.341 e. The lowest BCUT2D eigenvalue weighted by Crippen LogP contribution is -2.21. The largest absolute Gasteiger partial charge is 0.452 e. The van der Waals surface area contributed by atoms with Crippen LogP contribution in [0.15, 0.2) is 46.9 Å². The minimum Gasteiger partial charge on any atom is -0.452 e. The van der Waals surface area contributed by atoms with Crippen molar-refractivity contribution in [1.29, 1.82) is 0 Å². The van der Waals surface area contributed by atoms with Gasteiger partial charge in [0.05, 0.1) is 5.56 Å². The molecule has 0 aliphatic carbocycles. The molecule has 0 saturated carbocycles. The van der Waals surface area contributed by atoms with E-state index in [4.69, 9.17) is 16.3 Å². The molecule has 2 aromatic carbocycles. The van der Waals surface area contributed by atoms with Gasteiger partial charge in [-0.25, -0.2) is 9.18 Å². The number of hydrogen-bond acceptors (Lipinski definition) is 3. The second kappa shape index (κ2) is 7.38. The van der Waals surface area contributed by atoms with Gasteiger partial charge in [0.25, 0.3) is 5.91 Å². The minimum atomic E-state index is -0.932. The van der Waals surface area contributed by atoms with Gasteiger partial charge in [0.2, 0.25) is 0 Å². The van der Waals surface area contributed by atoms with Crippen molar-refractivity contribution in [1.82, 2.24) is 0 Å². The molecule has 1 N–H and O–H groups in total. The molecule has 4 nitrogen and oxygen atoms in total. The Morgan fingerprint density at radius 3 is 2.68 bits per heavy atom. The molecule has 0 bridgehead atoms. The lowest BCUT2D eigenvalue weighted by Gasteiger charge is -2.07. The van der Waals surface area contributed by atoms with Crippen LogP contribution in [0.3, 0.4) is 0 Å². The summed E-state index contributed by atoms with van der Waals surface area (Å²) in [7, 11) is 0. The van der Waals surface area contributed by atoms with E-state index in [1.54, 1.807) is 24.3 Å². The van der Waals surface area contributed by atoms with Gasteiger partial charge in [-0.3, -0.25) is 4.79 Å². The van der Waals surface area contributed by atoms with Gasteiger partial charge in [0.1, 0.15) is 5.82 Å². The van der Waals surface area contributed by atoms with Gasteiger partial charge in [0, 0.05) is 15.2 Å². The van der Waals surface area contributed by atoms with E-state index in [0.717, 1.165) is 10.5 Å². The molecule has 22 heavy (non-hydrogen) atoms. The Morgan fingerprint density at radius 2 is 2.00 bits per heavy atom. The summed E-state index contributed by atoms with van der Waals surface area (Å²) in [4.78, 5) is 23.4. The van der Waals surface area contributed by atoms with Crippen LogP contribution in [0, 0.1) is 5.82 Å². The Balaban J connectivity index is 1.92. The number of amides is 1. The van der Waals surface area contributed by atoms with Crippen molar-refractivity contribution in [3.8, 4) is 0 Å². The summed E-state index contributed by atoms with van der Waals surface area (Å²) in [6.45, 7) is -0.520. The molecule has 2 aromatic rings. The number of nitrogens with one attached hydrogen (secondary N) is 1. The van der Waals surface area contributed by atoms with Crippen LogP contribution in [-0.2, 0) is 9.53 Å². The molecular weight excluding hydrogens is 377 g/mol. The third-order valence-electron chi connectivity index (χ3n) is 2.59. The Labute approximate surface area is 139 Å². The lowest BCUT2D eigenvalue weighted by molar-refractivity contribution is -0.119. The van der Waals surface area contributed by atoms with Crippen molar-refractivity contribution < 1.29 is 18.7 Å². The second-order valence-electron chi connectivity index (χ2n) is 4.26. The van der Waals surface area contributed by atoms with E-state index in [2.05, 4.69) is 21.2 Å². The van der Waals surface area contributed by atoms with E-state index in [0.29, 0.717) is 5.69 Å². The molecule has 0 saturated heterocycles. The maximum absolute atomic E-state index is 13.5. The van der Waals surface area contributed by atoms with Crippen molar-refractivity contribution in [3.63, 3.8) is 0 Å². The quantitative estimate of drug-likeness (QED) is 0.807. The molecule has 0 aliphatic heterocycles. The number of carbonyl (C=O) groups is 2. The Morgan fingerprint density at radius 1 is 1.23 bits per heavy atom. The van der Waals surface area contributed by atoms with Crippen LogP contribution in [-0.4, -0.2) is 18.5 Å². The molecular formula is C15H10BrClFNO3. The third-order valence-corrected chi connectivity index (χ3v) is 3.32. The summed E-state index contributed by atoms with van der Waals surface area (Å²) in [5.41, 5.74) is 0.271. The molecule has 0 atom stereocenters. The van der Waals surface area contributed by atoms with Gasteiger partial charge in [-0.2, -0.15) is 0 Å². The Kier molecular flexibility index (Phi) is 5.51. The molecule has 1 amide bonds. The molecule has 7 heteroatoms. The van der Waals surface area contributed by atoms with Crippen LogP contribution in [0.1, 0.15) is 10.4 Å². The summed E-state index contributed by atoms with van der Waals surface area (Å²) in [6.07, 6.45) is 0. The number of rotatable bonds is 4. The first-order valence-corrected chi connectivity index (χ1v) is 7.30. The second-order valence-corrected chi connectivity index (χ2v) is 5.61. The number of ether oxygens (including phenoxy) is 1. The van der Waals surface area contributed by atoms with Crippen LogP contribution in [0.5, 0.6) is 0 Å². The zero-order valence-corrected chi connectivity index (χ0v) is 13.4. The normalized spacial score (nSPS) is 10.1. The van der Waals surface area contributed by atoms with E-state index in [9.17, 15) is 14.0 Å². The molecule has 114 valence electrons. The Hall–Kier alpha value is -1.92.